The fourth-order valence-electron chi connectivity index (χ4n) is 3.62. The highest BCUT2D eigenvalue weighted by Crippen LogP contribution is 2.28. The third-order valence-corrected chi connectivity index (χ3v) is 5.26. The topological polar surface area (TPSA) is 96.1 Å². The summed E-state index contributed by atoms with van der Waals surface area (Å²) in [6, 6.07) is 12.3. The fraction of sp³-hybridized carbons (Fsp3) is 0.364. The first-order valence-corrected chi connectivity index (χ1v) is 9.76. The van der Waals surface area contributed by atoms with E-state index in [4.69, 9.17) is 10.5 Å². The number of anilines is 1. The molecule has 0 radical (unpaired) electrons. The van der Waals surface area contributed by atoms with Gasteiger partial charge in [-0.3, -0.25) is 14.5 Å². The highest BCUT2D eigenvalue weighted by atomic mass is 16.5. The molecule has 0 aromatic heterocycles. The zero-order valence-corrected chi connectivity index (χ0v) is 16.6. The van der Waals surface area contributed by atoms with Crippen LogP contribution in [0.4, 0.5) is 5.69 Å². The van der Waals surface area contributed by atoms with Gasteiger partial charge in [-0.2, -0.15) is 0 Å². The van der Waals surface area contributed by atoms with Crippen LogP contribution in [0.2, 0.25) is 0 Å². The number of aromatic hydroxyl groups is 1. The lowest BCUT2D eigenvalue weighted by Gasteiger charge is -2.36. The van der Waals surface area contributed by atoms with Gasteiger partial charge in [0.25, 0.3) is 5.91 Å². The predicted molar refractivity (Wildman–Crippen MR) is 112 cm³/mol. The highest BCUT2D eigenvalue weighted by Gasteiger charge is 2.19. The number of carbonyl (C=O) groups is 2. The van der Waals surface area contributed by atoms with E-state index >= 15 is 0 Å². The fourth-order valence-corrected chi connectivity index (χ4v) is 3.62. The second kappa shape index (κ2) is 9.43. The minimum atomic E-state index is -0.745. The molecule has 3 N–H and O–H groups in total. The van der Waals surface area contributed by atoms with Crippen molar-refractivity contribution in [2.45, 2.75) is 12.8 Å². The average Bonchev–Trinajstić information content (AvgIpc) is 2.74. The van der Waals surface area contributed by atoms with Gasteiger partial charge in [-0.15, -0.1) is 0 Å². The minimum Gasteiger partial charge on any atom is -0.507 e. The number of ether oxygens (including phenoxy) is 1. The number of nitrogens with zero attached hydrogens (tertiary/aromatic N) is 2. The molecule has 1 fully saturated rings. The number of benzene rings is 2. The molecular weight excluding hydrogens is 370 g/mol. The predicted octanol–water partition coefficient (Wildman–Crippen LogP) is 2.28. The molecule has 1 amide bonds. The second-order valence-corrected chi connectivity index (χ2v) is 7.12. The van der Waals surface area contributed by atoms with E-state index in [0.29, 0.717) is 12.0 Å². The van der Waals surface area contributed by atoms with Crippen LogP contribution in [0, 0.1) is 0 Å². The lowest BCUT2D eigenvalue weighted by atomic mass is 10.0. The van der Waals surface area contributed by atoms with E-state index in [1.54, 1.807) is 7.11 Å². The molecule has 1 heterocycles. The Morgan fingerprint density at radius 2 is 1.83 bits per heavy atom. The van der Waals surface area contributed by atoms with Crippen LogP contribution in [-0.4, -0.2) is 61.5 Å². The number of methoxy groups -OCH3 is 1. The van der Waals surface area contributed by atoms with Crippen LogP contribution in [0.3, 0.4) is 0 Å². The minimum absolute atomic E-state index is 0.0247. The summed E-state index contributed by atoms with van der Waals surface area (Å²) in [4.78, 5) is 28.4. The van der Waals surface area contributed by atoms with Crippen molar-refractivity contribution in [2.75, 3.05) is 44.7 Å². The molecule has 0 atom stereocenters. The molecule has 29 heavy (non-hydrogen) atoms. The van der Waals surface area contributed by atoms with E-state index in [2.05, 4.69) is 15.9 Å². The third kappa shape index (κ3) is 5.06. The molecule has 0 spiro atoms. The van der Waals surface area contributed by atoms with Crippen molar-refractivity contribution in [3.05, 3.63) is 53.6 Å². The van der Waals surface area contributed by atoms with Gasteiger partial charge in [0.05, 0.1) is 18.4 Å². The van der Waals surface area contributed by atoms with Crippen molar-refractivity contribution in [3.63, 3.8) is 0 Å². The Bertz CT molecular complexity index is 876. The Hall–Kier alpha value is -3.06. The number of rotatable bonds is 8. The molecular formula is C22H27N3O4. The quantitative estimate of drug-likeness (QED) is 0.664. The van der Waals surface area contributed by atoms with E-state index in [1.165, 1.54) is 18.2 Å². The lowest BCUT2D eigenvalue weighted by molar-refractivity contribution is 0.0974. The maximum Gasteiger partial charge on any atom is 0.252 e. The van der Waals surface area contributed by atoms with Gasteiger partial charge < -0.3 is 20.5 Å². The summed E-state index contributed by atoms with van der Waals surface area (Å²) in [5.41, 5.74) is 6.71. The number of nitrogens with two attached hydrogens (primary N) is 1. The Morgan fingerprint density at radius 3 is 2.52 bits per heavy atom. The number of ketones is 1. The van der Waals surface area contributed by atoms with Crippen molar-refractivity contribution < 1.29 is 19.4 Å². The Labute approximate surface area is 170 Å². The van der Waals surface area contributed by atoms with Gasteiger partial charge in [0.15, 0.2) is 5.78 Å². The maximum absolute atomic E-state index is 12.4. The lowest BCUT2D eigenvalue weighted by Crippen LogP contribution is -2.46. The van der Waals surface area contributed by atoms with E-state index in [0.717, 1.165) is 50.6 Å². The van der Waals surface area contributed by atoms with Crippen LogP contribution in [0.15, 0.2) is 42.5 Å². The summed E-state index contributed by atoms with van der Waals surface area (Å²) in [7, 11) is 1.69. The largest absolute Gasteiger partial charge is 0.507 e. The van der Waals surface area contributed by atoms with Gasteiger partial charge in [-0.1, -0.05) is 12.1 Å². The number of piperazine rings is 1. The summed E-state index contributed by atoms with van der Waals surface area (Å²) < 4.78 is 5.45. The number of primary amides is 1. The zero-order valence-electron chi connectivity index (χ0n) is 16.6. The van der Waals surface area contributed by atoms with Crippen LogP contribution in [-0.2, 0) is 0 Å². The van der Waals surface area contributed by atoms with Gasteiger partial charge in [-0.25, -0.2) is 0 Å². The monoisotopic (exact) mass is 397 g/mol. The number of hydrogen-bond donors (Lipinski definition) is 2. The Kier molecular flexibility index (Phi) is 6.72. The summed E-state index contributed by atoms with van der Waals surface area (Å²) in [6.07, 6.45) is 1.12. The number of phenols is 1. The molecule has 0 unspecified atom stereocenters. The standard InChI is InChI=1S/C22H27N3O4/c1-29-21-7-3-2-5-18(21)25-13-11-24(12-14-25)10-4-6-19(26)16-8-9-20(27)17(15-16)22(23)28/h2-3,5,7-9,15,27H,4,6,10-14H2,1H3,(H2,23,28). The second-order valence-electron chi connectivity index (χ2n) is 7.12. The third-order valence-electron chi connectivity index (χ3n) is 5.26. The molecule has 0 bridgehead atoms. The van der Waals surface area contributed by atoms with Crippen molar-refractivity contribution in [1.29, 1.82) is 0 Å². The number of Topliss-reactive ketones (excluding diaryl/α,β-unsaturated/α-hetero) is 1. The molecule has 1 aliphatic heterocycles. The van der Waals surface area contributed by atoms with Crippen molar-refractivity contribution in [3.8, 4) is 11.5 Å². The van der Waals surface area contributed by atoms with Crippen molar-refractivity contribution >= 4 is 17.4 Å². The van der Waals surface area contributed by atoms with Crippen LogP contribution >= 0.6 is 0 Å². The Morgan fingerprint density at radius 1 is 1.10 bits per heavy atom. The smallest absolute Gasteiger partial charge is 0.252 e. The van der Waals surface area contributed by atoms with Gasteiger partial charge in [0, 0.05) is 38.2 Å². The molecule has 7 nitrogen and oxygen atoms in total. The molecule has 3 rings (SSSR count). The van der Waals surface area contributed by atoms with Crippen molar-refractivity contribution in [2.24, 2.45) is 5.73 Å². The zero-order chi connectivity index (χ0) is 20.8. The molecule has 2 aromatic carbocycles. The summed E-state index contributed by atoms with van der Waals surface area (Å²) in [5.74, 6) is -0.122. The number of para-hydroxylation sites is 2. The van der Waals surface area contributed by atoms with Gasteiger partial charge >= 0.3 is 0 Å². The van der Waals surface area contributed by atoms with Gasteiger partial charge in [-0.05, 0) is 43.3 Å². The molecule has 2 aromatic rings. The van der Waals surface area contributed by atoms with Crippen LogP contribution in [0.1, 0.15) is 33.6 Å². The van der Waals surface area contributed by atoms with E-state index in [9.17, 15) is 14.7 Å². The van der Waals surface area contributed by atoms with Crippen LogP contribution in [0.25, 0.3) is 0 Å². The van der Waals surface area contributed by atoms with Crippen LogP contribution < -0.4 is 15.4 Å². The molecule has 0 saturated carbocycles. The number of hydrogen-bond acceptors (Lipinski definition) is 6. The van der Waals surface area contributed by atoms with Gasteiger partial charge in [0.1, 0.15) is 11.5 Å². The SMILES string of the molecule is COc1ccccc1N1CCN(CCCC(=O)c2ccc(O)c(C(N)=O)c2)CC1. The molecule has 1 saturated heterocycles. The number of carbonyl (C=O) groups excluding carboxylic acids is 2. The molecule has 154 valence electrons. The summed E-state index contributed by atoms with van der Waals surface area (Å²) >= 11 is 0. The Balaban J connectivity index is 1.47. The van der Waals surface area contributed by atoms with E-state index in [-0.39, 0.29) is 17.1 Å². The molecule has 0 aliphatic carbocycles. The average molecular weight is 397 g/mol. The van der Waals surface area contributed by atoms with E-state index in [1.807, 2.05) is 18.2 Å². The summed E-state index contributed by atoms with van der Waals surface area (Å²) in [5, 5.41) is 9.64. The molecule has 1 aliphatic rings. The maximum atomic E-state index is 12.4. The van der Waals surface area contributed by atoms with E-state index < -0.39 is 5.91 Å². The first-order chi connectivity index (χ1) is 14.0. The normalized spacial score (nSPS) is 14.6. The van der Waals surface area contributed by atoms with Crippen LogP contribution in [0.5, 0.6) is 11.5 Å². The highest BCUT2D eigenvalue weighted by molar-refractivity contribution is 6.01. The number of amides is 1. The van der Waals surface area contributed by atoms with Crippen molar-refractivity contribution in [1.82, 2.24) is 4.90 Å². The molecule has 7 heteroatoms. The van der Waals surface area contributed by atoms with Gasteiger partial charge in [0.2, 0.25) is 0 Å². The first kappa shape index (κ1) is 20.7. The first-order valence-electron chi connectivity index (χ1n) is 9.76. The summed E-state index contributed by atoms with van der Waals surface area (Å²) in [6.45, 7) is 4.52.